The second kappa shape index (κ2) is 12.5. The normalized spacial score (nSPS) is 12.5. The number of nitrogens with one attached hydrogen (secondary N) is 2. The molecule has 0 aliphatic rings. The maximum Gasteiger partial charge on any atom is 0.573 e. The minimum atomic E-state index is -4.77. The molecule has 10 heteroatoms. The summed E-state index contributed by atoms with van der Waals surface area (Å²) in [5.74, 6) is 0.690. The second-order valence-electron chi connectivity index (χ2n) is 6.02. The fourth-order valence-corrected chi connectivity index (χ4v) is 2.52. The summed E-state index contributed by atoms with van der Waals surface area (Å²) in [4.78, 5) is 4.29. The van der Waals surface area contributed by atoms with E-state index < -0.39 is 12.5 Å². The maximum atomic E-state index is 12.5. The first-order valence-corrected chi connectivity index (χ1v) is 9.00. The van der Waals surface area contributed by atoms with Crippen molar-refractivity contribution in [3.05, 3.63) is 59.7 Å². The van der Waals surface area contributed by atoms with Crippen molar-refractivity contribution < 1.29 is 27.8 Å². The van der Waals surface area contributed by atoms with Crippen molar-refractivity contribution >= 4 is 29.9 Å². The molecule has 2 aromatic rings. The van der Waals surface area contributed by atoms with Crippen molar-refractivity contribution in [3.63, 3.8) is 0 Å². The summed E-state index contributed by atoms with van der Waals surface area (Å²) < 4.78 is 46.8. The molecule has 0 heterocycles. The molecule has 0 aromatic heterocycles. The molecular weight excluding hydrogens is 514 g/mol. The van der Waals surface area contributed by atoms with Gasteiger partial charge in [-0.25, -0.2) is 4.99 Å². The van der Waals surface area contributed by atoms with E-state index in [9.17, 15) is 18.3 Å². The lowest BCUT2D eigenvalue weighted by Gasteiger charge is -2.16. The van der Waals surface area contributed by atoms with Crippen molar-refractivity contribution in [2.24, 2.45) is 4.99 Å². The molecular formula is C20H25F3IN3O3. The van der Waals surface area contributed by atoms with Crippen LogP contribution < -0.4 is 20.1 Å². The van der Waals surface area contributed by atoms with Gasteiger partial charge in [0.25, 0.3) is 0 Å². The van der Waals surface area contributed by atoms with Gasteiger partial charge in [0.1, 0.15) is 11.5 Å². The van der Waals surface area contributed by atoms with Gasteiger partial charge in [-0.2, -0.15) is 0 Å². The van der Waals surface area contributed by atoms with Crippen LogP contribution in [0.2, 0.25) is 0 Å². The smallest absolute Gasteiger partial charge is 0.497 e. The van der Waals surface area contributed by atoms with Crippen LogP contribution in [0.15, 0.2) is 53.5 Å². The van der Waals surface area contributed by atoms with E-state index in [4.69, 9.17) is 4.74 Å². The standard InChI is InChI=1S/C20H24F3N3O3.HI/c1-3-24-19(26-13-17(27)14-8-6-9-16(11-14)28-2)25-12-15-7-4-5-10-18(15)29-20(21,22)23;/h4-11,17,27H,3,12-13H2,1-2H3,(H2,24,25,26);1H. The molecule has 0 aliphatic heterocycles. The minimum absolute atomic E-state index is 0. The van der Waals surface area contributed by atoms with Crippen LogP contribution in [0.5, 0.6) is 11.5 Å². The lowest BCUT2D eigenvalue weighted by Crippen LogP contribution is -2.39. The summed E-state index contributed by atoms with van der Waals surface area (Å²) in [6, 6.07) is 12.9. The summed E-state index contributed by atoms with van der Waals surface area (Å²) in [5.41, 5.74) is 0.951. The Morgan fingerprint density at radius 1 is 1.13 bits per heavy atom. The van der Waals surface area contributed by atoms with Crippen LogP contribution in [0.25, 0.3) is 0 Å². The predicted molar refractivity (Wildman–Crippen MR) is 119 cm³/mol. The number of ether oxygens (including phenoxy) is 2. The SMILES string of the molecule is CCNC(=NCc1ccccc1OC(F)(F)F)NCC(O)c1cccc(OC)c1.I. The van der Waals surface area contributed by atoms with Crippen LogP contribution in [0, 0.1) is 0 Å². The number of halogens is 4. The van der Waals surface area contributed by atoms with Crippen molar-refractivity contribution in [3.8, 4) is 11.5 Å². The van der Waals surface area contributed by atoms with Crippen LogP contribution in [-0.4, -0.2) is 37.6 Å². The number of hydrogen-bond donors (Lipinski definition) is 3. The van der Waals surface area contributed by atoms with Gasteiger partial charge in [0, 0.05) is 18.7 Å². The Morgan fingerprint density at radius 2 is 1.87 bits per heavy atom. The van der Waals surface area contributed by atoms with Gasteiger partial charge in [-0.05, 0) is 30.7 Å². The van der Waals surface area contributed by atoms with Crippen LogP contribution in [0.3, 0.4) is 0 Å². The maximum absolute atomic E-state index is 12.5. The number of rotatable bonds is 8. The Morgan fingerprint density at radius 3 is 2.53 bits per heavy atom. The van der Waals surface area contributed by atoms with E-state index in [2.05, 4.69) is 20.4 Å². The lowest BCUT2D eigenvalue weighted by molar-refractivity contribution is -0.274. The number of para-hydroxylation sites is 1. The zero-order chi connectivity index (χ0) is 21.3. The number of aliphatic hydroxyl groups is 1. The third-order valence-corrected chi connectivity index (χ3v) is 3.89. The van der Waals surface area contributed by atoms with E-state index in [-0.39, 0.29) is 48.4 Å². The Labute approximate surface area is 190 Å². The number of nitrogens with zero attached hydrogens (tertiary/aromatic N) is 1. The van der Waals surface area contributed by atoms with Gasteiger partial charge in [0.15, 0.2) is 5.96 Å². The van der Waals surface area contributed by atoms with E-state index in [0.29, 0.717) is 23.8 Å². The second-order valence-corrected chi connectivity index (χ2v) is 6.02. The fraction of sp³-hybridized carbons (Fsp3) is 0.350. The Balaban J connectivity index is 0.00000450. The van der Waals surface area contributed by atoms with E-state index in [1.54, 1.807) is 37.4 Å². The highest BCUT2D eigenvalue weighted by molar-refractivity contribution is 14.0. The Kier molecular flexibility index (Phi) is 10.7. The average molecular weight is 539 g/mol. The molecule has 30 heavy (non-hydrogen) atoms. The zero-order valence-corrected chi connectivity index (χ0v) is 18.9. The number of methoxy groups -OCH3 is 1. The molecule has 0 amide bonds. The molecule has 6 nitrogen and oxygen atoms in total. The average Bonchev–Trinajstić information content (AvgIpc) is 2.69. The van der Waals surface area contributed by atoms with Gasteiger partial charge in [0.05, 0.1) is 19.8 Å². The summed E-state index contributed by atoms with van der Waals surface area (Å²) in [5, 5.41) is 16.3. The number of guanidine groups is 1. The summed E-state index contributed by atoms with van der Waals surface area (Å²) >= 11 is 0. The van der Waals surface area contributed by atoms with Crippen molar-refractivity contribution in [1.29, 1.82) is 0 Å². The van der Waals surface area contributed by atoms with Gasteiger partial charge in [-0.1, -0.05) is 30.3 Å². The fourth-order valence-electron chi connectivity index (χ4n) is 2.52. The van der Waals surface area contributed by atoms with Crippen molar-refractivity contribution in [2.75, 3.05) is 20.2 Å². The summed E-state index contributed by atoms with van der Waals surface area (Å²) in [6.07, 6.45) is -5.60. The first-order chi connectivity index (χ1) is 13.8. The van der Waals surface area contributed by atoms with Gasteiger partial charge in [0.2, 0.25) is 0 Å². The monoisotopic (exact) mass is 539 g/mol. The molecule has 1 atom stereocenters. The molecule has 2 aromatic carbocycles. The van der Waals surface area contributed by atoms with Crippen LogP contribution in [-0.2, 0) is 6.54 Å². The quantitative estimate of drug-likeness (QED) is 0.269. The molecule has 166 valence electrons. The molecule has 2 rings (SSSR count). The largest absolute Gasteiger partial charge is 0.573 e. The number of alkyl halides is 3. The number of benzene rings is 2. The molecule has 3 N–H and O–H groups in total. The molecule has 0 saturated carbocycles. The first kappa shape index (κ1) is 25.8. The van der Waals surface area contributed by atoms with Gasteiger partial charge in [-0.3, -0.25) is 0 Å². The predicted octanol–water partition coefficient (Wildman–Crippen LogP) is 4.00. The third-order valence-electron chi connectivity index (χ3n) is 3.89. The van der Waals surface area contributed by atoms with Gasteiger partial charge in [-0.15, -0.1) is 37.1 Å². The molecule has 0 saturated heterocycles. The molecule has 0 spiro atoms. The van der Waals surface area contributed by atoms with E-state index >= 15 is 0 Å². The molecule has 0 radical (unpaired) electrons. The highest BCUT2D eigenvalue weighted by Gasteiger charge is 2.31. The topological polar surface area (TPSA) is 75.1 Å². The highest BCUT2D eigenvalue weighted by Crippen LogP contribution is 2.26. The van der Waals surface area contributed by atoms with Crippen molar-refractivity contribution in [1.82, 2.24) is 10.6 Å². The number of hydrogen-bond acceptors (Lipinski definition) is 4. The first-order valence-electron chi connectivity index (χ1n) is 9.00. The van der Waals surface area contributed by atoms with E-state index in [1.807, 2.05) is 6.92 Å². The number of aliphatic hydroxyl groups excluding tert-OH is 1. The third kappa shape index (κ3) is 8.66. The van der Waals surface area contributed by atoms with Crippen LogP contribution in [0.4, 0.5) is 13.2 Å². The number of aliphatic imine (C=N–C) groups is 1. The molecule has 0 bridgehead atoms. The summed E-state index contributed by atoms with van der Waals surface area (Å²) in [7, 11) is 1.54. The lowest BCUT2D eigenvalue weighted by atomic mass is 10.1. The Hall–Kier alpha value is -2.21. The zero-order valence-electron chi connectivity index (χ0n) is 16.6. The minimum Gasteiger partial charge on any atom is -0.497 e. The summed E-state index contributed by atoms with van der Waals surface area (Å²) in [6.45, 7) is 2.52. The van der Waals surface area contributed by atoms with Gasteiger partial charge >= 0.3 is 6.36 Å². The molecule has 1 unspecified atom stereocenters. The molecule has 0 fully saturated rings. The molecule has 0 aliphatic carbocycles. The Bertz CT molecular complexity index is 819. The highest BCUT2D eigenvalue weighted by atomic mass is 127. The van der Waals surface area contributed by atoms with Crippen LogP contribution >= 0.6 is 24.0 Å². The van der Waals surface area contributed by atoms with Crippen LogP contribution in [0.1, 0.15) is 24.2 Å². The van der Waals surface area contributed by atoms with E-state index in [0.717, 1.165) is 0 Å². The van der Waals surface area contributed by atoms with Gasteiger partial charge < -0.3 is 25.2 Å². The van der Waals surface area contributed by atoms with E-state index in [1.165, 1.54) is 18.2 Å². The van der Waals surface area contributed by atoms with Crippen molar-refractivity contribution in [2.45, 2.75) is 25.9 Å².